The van der Waals surface area contributed by atoms with Gasteiger partial charge in [0.05, 0.1) is 13.2 Å². The number of carbonyl (C=O) groups excluding carboxylic acids is 2. The van der Waals surface area contributed by atoms with Gasteiger partial charge in [-0.2, -0.15) is 0 Å². The van der Waals surface area contributed by atoms with E-state index in [-0.39, 0.29) is 11.9 Å². The van der Waals surface area contributed by atoms with E-state index in [1.54, 1.807) is 0 Å². The molecule has 0 aliphatic heterocycles. The molecule has 0 spiro atoms. The third kappa shape index (κ3) is 19.0. The van der Waals surface area contributed by atoms with Gasteiger partial charge in [-0.3, -0.25) is 9.59 Å². The first-order valence-corrected chi connectivity index (χ1v) is 10.7. The van der Waals surface area contributed by atoms with Gasteiger partial charge in [0.2, 0.25) is 0 Å². The molecule has 26 heavy (non-hydrogen) atoms. The van der Waals surface area contributed by atoms with Gasteiger partial charge in [0, 0.05) is 12.8 Å². The standard InChI is InChI=1S/C22H40O4/c1-3-5-7-9-10-11-12-16-20-26-22(24)18-14-13-17-21(23)25-19-15-8-6-4-2/h6,8H,3-5,7,9-20H2,1-2H3/b8-6-. The molecule has 0 bridgehead atoms. The average molecular weight is 369 g/mol. The Hall–Kier alpha value is -1.32. The molecule has 0 atom stereocenters. The largest absolute Gasteiger partial charge is 0.466 e. The number of hydrogen-bond acceptors (Lipinski definition) is 4. The molecule has 4 heteroatoms. The van der Waals surface area contributed by atoms with Crippen molar-refractivity contribution >= 4 is 11.9 Å². The van der Waals surface area contributed by atoms with Crippen LogP contribution in [0, 0.1) is 0 Å². The van der Waals surface area contributed by atoms with Crippen LogP contribution in [0.5, 0.6) is 0 Å². The van der Waals surface area contributed by atoms with Crippen LogP contribution in [0.15, 0.2) is 12.2 Å². The van der Waals surface area contributed by atoms with Crippen LogP contribution in [0.4, 0.5) is 0 Å². The maximum atomic E-state index is 11.6. The van der Waals surface area contributed by atoms with Crippen molar-refractivity contribution < 1.29 is 19.1 Å². The molecule has 0 aliphatic carbocycles. The monoisotopic (exact) mass is 368 g/mol. The summed E-state index contributed by atoms with van der Waals surface area (Å²) in [7, 11) is 0. The predicted molar refractivity (Wildman–Crippen MR) is 107 cm³/mol. The fourth-order valence-electron chi connectivity index (χ4n) is 2.63. The second-order valence-electron chi connectivity index (χ2n) is 6.79. The Bertz CT molecular complexity index is 363. The molecule has 4 nitrogen and oxygen atoms in total. The Balaban J connectivity index is 3.33. The zero-order chi connectivity index (χ0) is 19.3. The Morgan fingerprint density at radius 3 is 1.77 bits per heavy atom. The van der Waals surface area contributed by atoms with Crippen LogP contribution < -0.4 is 0 Å². The van der Waals surface area contributed by atoms with Crippen molar-refractivity contribution in [2.75, 3.05) is 13.2 Å². The average Bonchev–Trinajstić information content (AvgIpc) is 2.63. The SMILES string of the molecule is CC/C=C\CCOC(=O)CCCCC(=O)OCCCCCCCCCC. The molecule has 0 heterocycles. The minimum Gasteiger partial charge on any atom is -0.466 e. The number of hydrogen-bond donors (Lipinski definition) is 0. The predicted octanol–water partition coefficient (Wildman–Crippen LogP) is 6.13. The summed E-state index contributed by atoms with van der Waals surface area (Å²) in [6, 6.07) is 0. The third-order valence-electron chi connectivity index (χ3n) is 4.22. The summed E-state index contributed by atoms with van der Waals surface area (Å²) < 4.78 is 10.4. The number of ether oxygens (including phenoxy) is 2. The van der Waals surface area contributed by atoms with E-state index >= 15 is 0 Å². The summed E-state index contributed by atoms with van der Waals surface area (Å²) in [5.41, 5.74) is 0. The lowest BCUT2D eigenvalue weighted by Crippen LogP contribution is -2.07. The van der Waals surface area contributed by atoms with E-state index in [0.29, 0.717) is 38.9 Å². The summed E-state index contributed by atoms with van der Waals surface area (Å²) in [6.07, 6.45) is 17.9. The summed E-state index contributed by atoms with van der Waals surface area (Å²) >= 11 is 0. The quantitative estimate of drug-likeness (QED) is 0.166. The lowest BCUT2D eigenvalue weighted by Gasteiger charge is -2.05. The second kappa shape index (κ2) is 20.0. The minimum absolute atomic E-state index is 0.147. The maximum absolute atomic E-state index is 11.6. The van der Waals surface area contributed by atoms with Crippen molar-refractivity contribution in [1.82, 2.24) is 0 Å². The molecule has 0 aliphatic rings. The van der Waals surface area contributed by atoms with Crippen LogP contribution in [0.3, 0.4) is 0 Å². The van der Waals surface area contributed by atoms with Gasteiger partial charge in [-0.1, -0.05) is 70.9 Å². The highest BCUT2D eigenvalue weighted by Crippen LogP contribution is 2.09. The van der Waals surface area contributed by atoms with Crippen LogP contribution in [-0.4, -0.2) is 25.2 Å². The topological polar surface area (TPSA) is 52.6 Å². The smallest absolute Gasteiger partial charge is 0.305 e. The van der Waals surface area contributed by atoms with Crippen LogP contribution in [0.1, 0.15) is 104 Å². The van der Waals surface area contributed by atoms with Gasteiger partial charge < -0.3 is 9.47 Å². The number of carbonyl (C=O) groups is 2. The minimum atomic E-state index is -0.179. The van der Waals surface area contributed by atoms with Gasteiger partial charge in [0.1, 0.15) is 0 Å². The first-order valence-electron chi connectivity index (χ1n) is 10.7. The van der Waals surface area contributed by atoms with Crippen LogP contribution in [-0.2, 0) is 19.1 Å². The zero-order valence-electron chi connectivity index (χ0n) is 17.1. The fraction of sp³-hybridized carbons (Fsp3) is 0.818. The van der Waals surface area contributed by atoms with E-state index in [1.165, 1.54) is 38.5 Å². The molecule has 152 valence electrons. The summed E-state index contributed by atoms with van der Waals surface area (Å²) in [4.78, 5) is 23.1. The molecule has 0 radical (unpaired) electrons. The van der Waals surface area contributed by atoms with Gasteiger partial charge in [-0.15, -0.1) is 0 Å². The highest BCUT2D eigenvalue weighted by atomic mass is 16.5. The Labute approximate surface area is 160 Å². The van der Waals surface area contributed by atoms with E-state index < -0.39 is 0 Å². The Morgan fingerprint density at radius 2 is 1.19 bits per heavy atom. The second-order valence-corrected chi connectivity index (χ2v) is 6.79. The Kier molecular flexibility index (Phi) is 19.0. The van der Waals surface area contributed by atoms with Gasteiger partial charge in [0.25, 0.3) is 0 Å². The van der Waals surface area contributed by atoms with Crippen molar-refractivity contribution in [1.29, 1.82) is 0 Å². The molecule has 0 amide bonds. The van der Waals surface area contributed by atoms with Gasteiger partial charge in [-0.05, 0) is 32.1 Å². The van der Waals surface area contributed by atoms with Crippen molar-refractivity contribution in [2.24, 2.45) is 0 Å². The Morgan fingerprint density at radius 1 is 0.654 bits per heavy atom. The van der Waals surface area contributed by atoms with Crippen molar-refractivity contribution in [3.05, 3.63) is 12.2 Å². The fourth-order valence-corrected chi connectivity index (χ4v) is 2.63. The number of rotatable bonds is 18. The van der Waals surface area contributed by atoms with Crippen molar-refractivity contribution in [3.63, 3.8) is 0 Å². The molecule has 0 saturated carbocycles. The molecular formula is C22H40O4. The lowest BCUT2D eigenvalue weighted by molar-refractivity contribution is -0.145. The van der Waals surface area contributed by atoms with E-state index in [1.807, 2.05) is 6.08 Å². The summed E-state index contributed by atoms with van der Waals surface area (Å²) in [5, 5.41) is 0. The van der Waals surface area contributed by atoms with E-state index in [4.69, 9.17) is 9.47 Å². The van der Waals surface area contributed by atoms with Crippen LogP contribution >= 0.6 is 0 Å². The van der Waals surface area contributed by atoms with Crippen molar-refractivity contribution in [3.8, 4) is 0 Å². The number of esters is 2. The van der Waals surface area contributed by atoms with Gasteiger partial charge in [0.15, 0.2) is 0 Å². The number of unbranched alkanes of at least 4 members (excludes halogenated alkanes) is 8. The number of allylic oxidation sites excluding steroid dienone is 1. The molecule has 0 aromatic carbocycles. The van der Waals surface area contributed by atoms with Gasteiger partial charge >= 0.3 is 11.9 Å². The molecule has 0 rings (SSSR count). The van der Waals surface area contributed by atoms with E-state index in [0.717, 1.165) is 25.7 Å². The van der Waals surface area contributed by atoms with E-state index in [9.17, 15) is 9.59 Å². The lowest BCUT2D eigenvalue weighted by atomic mass is 10.1. The third-order valence-corrected chi connectivity index (χ3v) is 4.22. The molecule has 0 unspecified atom stereocenters. The van der Waals surface area contributed by atoms with Crippen LogP contribution in [0.25, 0.3) is 0 Å². The van der Waals surface area contributed by atoms with E-state index in [2.05, 4.69) is 19.9 Å². The van der Waals surface area contributed by atoms with Crippen molar-refractivity contribution in [2.45, 2.75) is 104 Å². The molecule has 0 aromatic heterocycles. The normalized spacial score (nSPS) is 11.0. The molecule has 0 saturated heterocycles. The molecule has 0 aromatic rings. The summed E-state index contributed by atoms with van der Waals surface area (Å²) in [5.74, 6) is -0.326. The van der Waals surface area contributed by atoms with Crippen LogP contribution in [0.2, 0.25) is 0 Å². The maximum Gasteiger partial charge on any atom is 0.305 e. The first kappa shape index (κ1) is 24.7. The first-order chi connectivity index (χ1) is 12.7. The highest BCUT2D eigenvalue weighted by Gasteiger charge is 2.06. The zero-order valence-corrected chi connectivity index (χ0v) is 17.1. The molecule has 0 N–H and O–H groups in total. The highest BCUT2D eigenvalue weighted by molar-refractivity contribution is 5.70. The molecular weight excluding hydrogens is 328 g/mol. The molecule has 0 fully saturated rings. The summed E-state index contributed by atoms with van der Waals surface area (Å²) in [6.45, 7) is 5.27. The van der Waals surface area contributed by atoms with Gasteiger partial charge in [-0.25, -0.2) is 0 Å².